The van der Waals surface area contributed by atoms with Crippen LogP contribution < -0.4 is 10.9 Å². The molecular formula is C21H26N2O2. The summed E-state index contributed by atoms with van der Waals surface area (Å²) in [5.41, 5.74) is 1.25. The number of hydrogen-bond acceptors (Lipinski definition) is 2. The van der Waals surface area contributed by atoms with Crippen molar-refractivity contribution >= 4 is 5.91 Å². The van der Waals surface area contributed by atoms with Crippen LogP contribution in [0.3, 0.4) is 0 Å². The SMILES string of the molecule is CC1CCC(n2cccc(C(=O)NCCc3ccccc3)c2=O)CC1. The van der Waals surface area contributed by atoms with Crippen LogP contribution in [0, 0.1) is 5.92 Å². The zero-order chi connectivity index (χ0) is 17.6. The highest BCUT2D eigenvalue weighted by atomic mass is 16.2. The number of carbonyl (C=O) groups excluding carboxylic acids is 1. The maximum absolute atomic E-state index is 12.7. The Bertz CT molecular complexity index is 759. The molecule has 1 aliphatic carbocycles. The van der Waals surface area contributed by atoms with Gasteiger partial charge < -0.3 is 9.88 Å². The van der Waals surface area contributed by atoms with Crippen LogP contribution >= 0.6 is 0 Å². The molecule has 1 aromatic carbocycles. The Morgan fingerprint density at radius 3 is 2.52 bits per heavy atom. The largest absolute Gasteiger partial charge is 0.352 e. The maximum Gasteiger partial charge on any atom is 0.263 e. The van der Waals surface area contributed by atoms with Gasteiger partial charge in [0.25, 0.3) is 11.5 Å². The first-order valence-corrected chi connectivity index (χ1v) is 9.18. The van der Waals surface area contributed by atoms with E-state index in [1.165, 1.54) is 5.56 Å². The molecule has 0 atom stereocenters. The van der Waals surface area contributed by atoms with E-state index in [1.54, 1.807) is 10.6 Å². The monoisotopic (exact) mass is 338 g/mol. The van der Waals surface area contributed by atoms with E-state index in [0.29, 0.717) is 6.54 Å². The molecule has 4 heteroatoms. The number of rotatable bonds is 5. The number of nitrogens with zero attached hydrogens (tertiary/aromatic N) is 1. The predicted molar refractivity (Wildman–Crippen MR) is 99.9 cm³/mol. The van der Waals surface area contributed by atoms with Gasteiger partial charge in [0.15, 0.2) is 0 Å². The fraction of sp³-hybridized carbons (Fsp3) is 0.429. The molecule has 0 unspecified atom stereocenters. The van der Waals surface area contributed by atoms with Gasteiger partial charge in [-0.3, -0.25) is 9.59 Å². The summed E-state index contributed by atoms with van der Waals surface area (Å²) in [5.74, 6) is 0.455. The zero-order valence-electron chi connectivity index (χ0n) is 14.8. The lowest BCUT2D eigenvalue weighted by atomic mass is 9.87. The topological polar surface area (TPSA) is 51.1 Å². The fourth-order valence-corrected chi connectivity index (χ4v) is 3.55. The molecule has 0 aliphatic heterocycles. The summed E-state index contributed by atoms with van der Waals surface area (Å²) < 4.78 is 1.76. The number of aromatic nitrogens is 1. The third-order valence-electron chi connectivity index (χ3n) is 5.14. The minimum absolute atomic E-state index is 0.167. The molecule has 0 bridgehead atoms. The lowest BCUT2D eigenvalue weighted by Gasteiger charge is -2.28. The summed E-state index contributed by atoms with van der Waals surface area (Å²) in [6.45, 7) is 2.79. The molecule has 0 radical (unpaired) electrons. The molecule has 0 saturated heterocycles. The molecule has 1 amide bonds. The Labute approximate surface area is 148 Å². The van der Waals surface area contributed by atoms with Gasteiger partial charge in [0.2, 0.25) is 0 Å². The van der Waals surface area contributed by atoms with Crippen LogP contribution in [0.15, 0.2) is 53.5 Å². The number of nitrogens with one attached hydrogen (secondary N) is 1. The Kier molecular flexibility index (Phi) is 5.69. The van der Waals surface area contributed by atoms with Gasteiger partial charge in [-0.15, -0.1) is 0 Å². The van der Waals surface area contributed by atoms with Crippen LogP contribution in [-0.2, 0) is 6.42 Å². The normalized spacial score (nSPS) is 20.2. The van der Waals surface area contributed by atoms with Gasteiger partial charge >= 0.3 is 0 Å². The Balaban J connectivity index is 1.64. The quantitative estimate of drug-likeness (QED) is 0.906. The number of carbonyl (C=O) groups is 1. The van der Waals surface area contributed by atoms with Crippen molar-refractivity contribution in [2.24, 2.45) is 5.92 Å². The highest BCUT2D eigenvalue weighted by Crippen LogP contribution is 2.30. The molecule has 4 nitrogen and oxygen atoms in total. The van der Waals surface area contributed by atoms with Gasteiger partial charge in [0.05, 0.1) is 0 Å². The molecule has 1 aliphatic rings. The van der Waals surface area contributed by atoms with Crippen molar-refractivity contribution in [2.75, 3.05) is 6.54 Å². The molecular weight excluding hydrogens is 312 g/mol. The van der Waals surface area contributed by atoms with Crippen molar-refractivity contribution in [1.82, 2.24) is 9.88 Å². The predicted octanol–water partition coefficient (Wildman–Crippen LogP) is 3.57. The van der Waals surface area contributed by atoms with E-state index in [1.807, 2.05) is 42.6 Å². The molecule has 1 saturated carbocycles. The van der Waals surface area contributed by atoms with Crippen LogP contribution in [0.2, 0.25) is 0 Å². The van der Waals surface area contributed by atoms with E-state index in [-0.39, 0.29) is 23.1 Å². The molecule has 25 heavy (non-hydrogen) atoms. The van der Waals surface area contributed by atoms with Gasteiger partial charge in [-0.2, -0.15) is 0 Å². The highest BCUT2D eigenvalue weighted by molar-refractivity contribution is 5.93. The lowest BCUT2D eigenvalue weighted by Crippen LogP contribution is -2.35. The second-order valence-electron chi connectivity index (χ2n) is 7.04. The summed E-state index contributed by atoms with van der Waals surface area (Å²) in [4.78, 5) is 25.1. The summed E-state index contributed by atoms with van der Waals surface area (Å²) in [6, 6.07) is 13.7. The second-order valence-corrected chi connectivity index (χ2v) is 7.04. The van der Waals surface area contributed by atoms with Crippen molar-refractivity contribution in [3.63, 3.8) is 0 Å². The molecule has 3 rings (SSSR count). The van der Waals surface area contributed by atoms with Crippen molar-refractivity contribution < 1.29 is 4.79 Å². The summed E-state index contributed by atoms with van der Waals surface area (Å²) >= 11 is 0. The number of hydrogen-bond donors (Lipinski definition) is 1. The van der Waals surface area contributed by atoms with Crippen LogP contribution in [0.25, 0.3) is 0 Å². The summed E-state index contributed by atoms with van der Waals surface area (Å²) in [5, 5.41) is 2.87. The second kappa shape index (κ2) is 8.15. The Morgan fingerprint density at radius 1 is 1.08 bits per heavy atom. The smallest absolute Gasteiger partial charge is 0.263 e. The first kappa shape index (κ1) is 17.5. The van der Waals surface area contributed by atoms with Crippen molar-refractivity contribution in [1.29, 1.82) is 0 Å². The molecule has 1 fully saturated rings. The van der Waals surface area contributed by atoms with Crippen molar-refractivity contribution in [2.45, 2.75) is 45.1 Å². The van der Waals surface area contributed by atoms with E-state index < -0.39 is 0 Å². The van der Waals surface area contributed by atoms with Crippen molar-refractivity contribution in [3.8, 4) is 0 Å². The maximum atomic E-state index is 12.7. The lowest BCUT2D eigenvalue weighted by molar-refractivity contribution is 0.0951. The average Bonchev–Trinajstić information content (AvgIpc) is 2.63. The number of benzene rings is 1. The molecule has 0 spiro atoms. The number of amides is 1. The third-order valence-corrected chi connectivity index (χ3v) is 5.14. The van der Waals surface area contributed by atoms with Gasteiger partial charge in [-0.1, -0.05) is 37.3 Å². The van der Waals surface area contributed by atoms with Crippen LogP contribution in [0.5, 0.6) is 0 Å². The van der Waals surface area contributed by atoms with Gasteiger partial charge in [0, 0.05) is 18.8 Å². The van der Waals surface area contributed by atoms with Crippen LogP contribution in [0.1, 0.15) is 54.6 Å². The minimum Gasteiger partial charge on any atom is -0.352 e. The van der Waals surface area contributed by atoms with Gasteiger partial charge in [-0.25, -0.2) is 0 Å². The van der Waals surface area contributed by atoms with Gasteiger partial charge in [0.1, 0.15) is 5.56 Å². The highest BCUT2D eigenvalue weighted by Gasteiger charge is 2.22. The van der Waals surface area contributed by atoms with Crippen LogP contribution in [0.4, 0.5) is 0 Å². The van der Waals surface area contributed by atoms with Crippen molar-refractivity contribution in [3.05, 3.63) is 70.1 Å². The Morgan fingerprint density at radius 2 is 1.80 bits per heavy atom. The van der Waals surface area contributed by atoms with E-state index in [0.717, 1.165) is 38.0 Å². The average molecular weight is 338 g/mol. The third kappa shape index (κ3) is 4.38. The van der Waals surface area contributed by atoms with E-state index in [2.05, 4.69) is 12.2 Å². The minimum atomic E-state index is -0.278. The van der Waals surface area contributed by atoms with Gasteiger partial charge in [-0.05, 0) is 55.7 Å². The van der Waals surface area contributed by atoms with E-state index in [9.17, 15) is 9.59 Å². The van der Waals surface area contributed by atoms with E-state index >= 15 is 0 Å². The van der Waals surface area contributed by atoms with Crippen LogP contribution in [-0.4, -0.2) is 17.0 Å². The fourth-order valence-electron chi connectivity index (χ4n) is 3.55. The van der Waals surface area contributed by atoms with E-state index in [4.69, 9.17) is 0 Å². The first-order valence-electron chi connectivity index (χ1n) is 9.18. The first-order chi connectivity index (χ1) is 12.1. The molecule has 1 heterocycles. The molecule has 2 aromatic rings. The zero-order valence-corrected chi connectivity index (χ0v) is 14.8. The molecule has 1 aromatic heterocycles. The summed E-state index contributed by atoms with van der Waals surface area (Å²) in [7, 11) is 0. The number of pyridine rings is 1. The Hall–Kier alpha value is -2.36. The molecule has 1 N–H and O–H groups in total. The standard InChI is InChI=1S/C21H26N2O2/c1-16-9-11-18(12-10-16)23-15-5-8-19(21(23)25)20(24)22-14-13-17-6-3-2-4-7-17/h2-8,15-16,18H,9-14H2,1H3,(H,22,24). The summed E-state index contributed by atoms with van der Waals surface area (Å²) in [6.07, 6.45) is 6.90. The molecule has 132 valence electrons.